The number of nitrogens with zero attached hydrogens (tertiary/aromatic N) is 3. The molecule has 5 nitrogen and oxygen atoms in total. The summed E-state index contributed by atoms with van der Waals surface area (Å²) in [5.74, 6) is 0.158. The van der Waals surface area contributed by atoms with Crippen molar-refractivity contribution in [2.75, 3.05) is 19.6 Å². The topological polar surface area (TPSA) is 50.2 Å². The van der Waals surface area contributed by atoms with E-state index in [0.717, 1.165) is 31.0 Å². The highest BCUT2D eigenvalue weighted by molar-refractivity contribution is 5.76. The third-order valence-corrected chi connectivity index (χ3v) is 3.21. The number of carbonyl (C=O) groups is 1. The van der Waals surface area contributed by atoms with Gasteiger partial charge in [-0.2, -0.15) is 5.10 Å². The van der Waals surface area contributed by atoms with Crippen molar-refractivity contribution in [1.82, 2.24) is 20.0 Å². The van der Waals surface area contributed by atoms with Crippen molar-refractivity contribution in [2.24, 2.45) is 0 Å². The highest BCUT2D eigenvalue weighted by atomic mass is 16.2. The molecule has 1 N–H and O–H groups in total. The molecule has 0 spiro atoms. The molecular formula is C12H20N4O. The fourth-order valence-electron chi connectivity index (χ4n) is 2.27. The molecule has 1 aromatic heterocycles. The van der Waals surface area contributed by atoms with Gasteiger partial charge < -0.3 is 10.2 Å². The Morgan fingerprint density at radius 2 is 2.35 bits per heavy atom. The zero-order chi connectivity index (χ0) is 12.4. The van der Waals surface area contributed by atoms with Crippen LogP contribution in [0.2, 0.25) is 0 Å². The van der Waals surface area contributed by atoms with Gasteiger partial charge in [-0.25, -0.2) is 0 Å². The standard InChI is InChI=1S/C12H20N4O/c1-9-6-10(2)16(14-9)8-12(17)15-5-4-13-7-11(15)3/h6,11,13H,4-5,7-8H2,1-3H3/t11-/m0/s1. The fourth-order valence-corrected chi connectivity index (χ4v) is 2.27. The average Bonchev–Trinajstić information content (AvgIpc) is 2.58. The smallest absolute Gasteiger partial charge is 0.244 e. The van der Waals surface area contributed by atoms with E-state index in [4.69, 9.17) is 0 Å². The minimum Gasteiger partial charge on any atom is -0.336 e. The van der Waals surface area contributed by atoms with Crippen LogP contribution in [0.5, 0.6) is 0 Å². The lowest BCUT2D eigenvalue weighted by Crippen LogP contribution is -2.53. The lowest BCUT2D eigenvalue weighted by molar-refractivity contribution is -0.134. The molecule has 1 fully saturated rings. The Balaban J connectivity index is 2.03. The molecule has 5 heteroatoms. The van der Waals surface area contributed by atoms with Crippen molar-refractivity contribution >= 4 is 5.91 Å². The van der Waals surface area contributed by atoms with Crippen molar-refractivity contribution in [3.63, 3.8) is 0 Å². The Kier molecular flexibility index (Phi) is 3.47. The van der Waals surface area contributed by atoms with Crippen molar-refractivity contribution in [3.05, 3.63) is 17.5 Å². The predicted molar refractivity (Wildman–Crippen MR) is 65.7 cm³/mol. The first-order valence-corrected chi connectivity index (χ1v) is 6.09. The molecule has 0 unspecified atom stereocenters. The molecule has 1 aromatic rings. The third kappa shape index (κ3) is 2.66. The maximum absolute atomic E-state index is 12.2. The Labute approximate surface area is 102 Å². The Hall–Kier alpha value is -1.36. The van der Waals surface area contributed by atoms with Gasteiger partial charge in [-0.3, -0.25) is 9.48 Å². The van der Waals surface area contributed by atoms with E-state index in [1.807, 2.05) is 24.8 Å². The average molecular weight is 236 g/mol. The second kappa shape index (κ2) is 4.87. The molecule has 0 aliphatic carbocycles. The molecule has 1 saturated heterocycles. The summed E-state index contributed by atoms with van der Waals surface area (Å²) in [7, 11) is 0. The van der Waals surface area contributed by atoms with Crippen LogP contribution in [-0.2, 0) is 11.3 Å². The zero-order valence-electron chi connectivity index (χ0n) is 10.7. The van der Waals surface area contributed by atoms with Crippen molar-refractivity contribution in [2.45, 2.75) is 33.4 Å². The summed E-state index contributed by atoms with van der Waals surface area (Å²) >= 11 is 0. The summed E-state index contributed by atoms with van der Waals surface area (Å²) in [5, 5.41) is 7.61. The van der Waals surface area contributed by atoms with Gasteiger partial charge in [0, 0.05) is 31.4 Å². The maximum Gasteiger partial charge on any atom is 0.244 e. The fraction of sp³-hybridized carbons (Fsp3) is 0.667. The molecule has 1 atom stereocenters. The summed E-state index contributed by atoms with van der Waals surface area (Å²) in [4.78, 5) is 14.1. The number of rotatable bonds is 2. The number of carbonyl (C=O) groups excluding carboxylic acids is 1. The van der Waals surface area contributed by atoms with E-state index in [0.29, 0.717) is 6.54 Å². The first-order chi connectivity index (χ1) is 8.08. The summed E-state index contributed by atoms with van der Waals surface area (Å²) in [6.07, 6.45) is 0. The molecule has 0 bridgehead atoms. The third-order valence-electron chi connectivity index (χ3n) is 3.21. The summed E-state index contributed by atoms with van der Waals surface area (Å²) in [6, 6.07) is 2.27. The minimum atomic E-state index is 0.158. The molecule has 17 heavy (non-hydrogen) atoms. The van der Waals surface area contributed by atoms with Crippen molar-refractivity contribution in [1.29, 1.82) is 0 Å². The Morgan fingerprint density at radius 3 is 2.94 bits per heavy atom. The van der Waals surface area contributed by atoms with Gasteiger partial charge in [-0.15, -0.1) is 0 Å². The minimum absolute atomic E-state index is 0.158. The van der Waals surface area contributed by atoms with Crippen LogP contribution in [0.1, 0.15) is 18.3 Å². The van der Waals surface area contributed by atoms with Crippen LogP contribution in [0.15, 0.2) is 6.07 Å². The molecule has 2 rings (SSSR count). The van der Waals surface area contributed by atoms with Gasteiger partial charge in [-0.05, 0) is 26.8 Å². The number of hydrogen-bond donors (Lipinski definition) is 1. The predicted octanol–water partition coefficient (Wildman–Crippen LogP) is 0.320. The van der Waals surface area contributed by atoms with Gasteiger partial charge in [0.1, 0.15) is 6.54 Å². The number of piperazine rings is 1. The molecule has 0 radical (unpaired) electrons. The van der Waals surface area contributed by atoms with E-state index < -0.39 is 0 Å². The molecular weight excluding hydrogens is 216 g/mol. The van der Waals surface area contributed by atoms with Gasteiger partial charge in [0.25, 0.3) is 0 Å². The van der Waals surface area contributed by atoms with Crippen LogP contribution in [0, 0.1) is 13.8 Å². The molecule has 0 aromatic carbocycles. The summed E-state index contributed by atoms with van der Waals surface area (Å²) in [6.45, 7) is 8.90. The summed E-state index contributed by atoms with van der Waals surface area (Å²) < 4.78 is 1.78. The van der Waals surface area contributed by atoms with E-state index in [1.165, 1.54) is 0 Å². The first-order valence-electron chi connectivity index (χ1n) is 6.09. The lowest BCUT2D eigenvalue weighted by atomic mass is 10.2. The number of amides is 1. The lowest BCUT2D eigenvalue weighted by Gasteiger charge is -2.34. The van der Waals surface area contributed by atoms with Gasteiger partial charge in [0.05, 0.1) is 5.69 Å². The quantitative estimate of drug-likeness (QED) is 0.804. The van der Waals surface area contributed by atoms with E-state index in [9.17, 15) is 4.79 Å². The number of nitrogens with one attached hydrogen (secondary N) is 1. The van der Waals surface area contributed by atoms with Gasteiger partial charge in [-0.1, -0.05) is 0 Å². The normalized spacial score (nSPS) is 20.6. The maximum atomic E-state index is 12.2. The zero-order valence-corrected chi connectivity index (χ0v) is 10.7. The number of hydrogen-bond acceptors (Lipinski definition) is 3. The molecule has 0 saturated carbocycles. The van der Waals surface area contributed by atoms with Gasteiger partial charge in [0.15, 0.2) is 0 Å². The second-order valence-corrected chi connectivity index (χ2v) is 4.73. The van der Waals surface area contributed by atoms with Crippen LogP contribution < -0.4 is 5.32 Å². The first kappa shape index (κ1) is 12.1. The monoisotopic (exact) mass is 236 g/mol. The highest BCUT2D eigenvalue weighted by Crippen LogP contribution is 2.06. The van der Waals surface area contributed by atoms with Crippen LogP contribution in [0.25, 0.3) is 0 Å². The SMILES string of the molecule is Cc1cc(C)n(CC(=O)N2CCNC[C@@H]2C)n1. The van der Waals surface area contributed by atoms with Crippen molar-refractivity contribution < 1.29 is 4.79 Å². The Morgan fingerprint density at radius 1 is 1.59 bits per heavy atom. The van der Waals surface area contributed by atoms with Crippen LogP contribution in [0.4, 0.5) is 0 Å². The van der Waals surface area contributed by atoms with E-state index in [2.05, 4.69) is 17.3 Å². The highest BCUT2D eigenvalue weighted by Gasteiger charge is 2.23. The molecule has 1 amide bonds. The van der Waals surface area contributed by atoms with Crippen LogP contribution in [0.3, 0.4) is 0 Å². The Bertz CT molecular complexity index is 413. The molecule has 1 aliphatic rings. The van der Waals surface area contributed by atoms with Crippen molar-refractivity contribution in [3.8, 4) is 0 Å². The van der Waals surface area contributed by atoms with Gasteiger partial charge >= 0.3 is 0 Å². The molecule has 2 heterocycles. The summed E-state index contributed by atoms with van der Waals surface area (Å²) in [5.41, 5.74) is 2.00. The molecule has 94 valence electrons. The van der Waals surface area contributed by atoms with E-state index in [-0.39, 0.29) is 11.9 Å². The van der Waals surface area contributed by atoms with Gasteiger partial charge in [0.2, 0.25) is 5.91 Å². The number of aryl methyl sites for hydroxylation is 2. The van der Waals surface area contributed by atoms with Crippen LogP contribution >= 0.6 is 0 Å². The second-order valence-electron chi connectivity index (χ2n) is 4.73. The number of aromatic nitrogens is 2. The molecule has 1 aliphatic heterocycles. The van der Waals surface area contributed by atoms with Crippen LogP contribution in [-0.4, -0.2) is 46.3 Å². The van der Waals surface area contributed by atoms with E-state index in [1.54, 1.807) is 4.68 Å². The van der Waals surface area contributed by atoms with E-state index >= 15 is 0 Å². The largest absolute Gasteiger partial charge is 0.336 e.